The van der Waals surface area contributed by atoms with Crippen LogP contribution in [0.25, 0.3) is 0 Å². The van der Waals surface area contributed by atoms with Crippen molar-refractivity contribution in [3.8, 4) is 0 Å². The summed E-state index contributed by atoms with van der Waals surface area (Å²) >= 11 is 6.82. The van der Waals surface area contributed by atoms with E-state index in [-0.39, 0.29) is 22.6 Å². The molecule has 2 rings (SSSR count). The van der Waals surface area contributed by atoms with Gasteiger partial charge in [0.1, 0.15) is 4.21 Å². The fraction of sp³-hybridized carbons (Fsp3) is 0.545. The van der Waals surface area contributed by atoms with E-state index < -0.39 is 10.0 Å². The van der Waals surface area contributed by atoms with Gasteiger partial charge in [0.05, 0.1) is 10.9 Å². The van der Waals surface area contributed by atoms with Crippen molar-refractivity contribution in [2.45, 2.75) is 35.9 Å². The fourth-order valence-electron chi connectivity index (χ4n) is 2.35. The molecule has 20 heavy (non-hydrogen) atoms. The summed E-state index contributed by atoms with van der Waals surface area (Å²) in [6.45, 7) is -0.112. The molecule has 3 N–H and O–H groups in total. The zero-order valence-electron chi connectivity index (χ0n) is 10.7. The number of nitrogens with zero attached hydrogens (tertiary/aromatic N) is 2. The predicted molar refractivity (Wildman–Crippen MR) is 78.9 cm³/mol. The molecule has 1 aliphatic rings. The molecule has 1 fully saturated rings. The quantitative estimate of drug-likeness (QED) is 0.372. The lowest BCUT2D eigenvalue weighted by Crippen LogP contribution is -2.43. The van der Waals surface area contributed by atoms with Gasteiger partial charge in [0, 0.05) is 6.04 Å². The number of rotatable bonds is 5. The van der Waals surface area contributed by atoms with Crippen LogP contribution in [-0.4, -0.2) is 36.4 Å². The number of thiophene rings is 1. The molecule has 112 valence electrons. The molecule has 0 radical (unpaired) electrons. The van der Waals surface area contributed by atoms with Gasteiger partial charge in [0.2, 0.25) is 0 Å². The summed E-state index contributed by atoms with van der Waals surface area (Å²) in [6, 6.07) is 2.92. The molecule has 1 saturated carbocycles. The maximum absolute atomic E-state index is 12.7. The van der Waals surface area contributed by atoms with E-state index in [2.05, 4.69) is 5.16 Å². The van der Waals surface area contributed by atoms with E-state index in [1.807, 2.05) is 0 Å². The van der Waals surface area contributed by atoms with Gasteiger partial charge >= 0.3 is 0 Å². The zero-order valence-corrected chi connectivity index (χ0v) is 13.1. The first kappa shape index (κ1) is 15.6. The highest BCUT2D eigenvalue weighted by molar-refractivity contribution is 7.91. The highest BCUT2D eigenvalue weighted by Crippen LogP contribution is 2.32. The predicted octanol–water partition coefficient (Wildman–Crippen LogP) is 2.08. The van der Waals surface area contributed by atoms with Crippen LogP contribution in [0.4, 0.5) is 0 Å². The Bertz CT molecular complexity index is 594. The van der Waals surface area contributed by atoms with E-state index >= 15 is 0 Å². The SMILES string of the molecule is NC(CN(C1CCCC1)S(=O)(=O)c1ccc(Cl)s1)=NO. The molecule has 6 nitrogen and oxygen atoms in total. The number of amidine groups is 1. The Hall–Kier alpha value is -0.830. The minimum absolute atomic E-state index is 0.110. The first-order valence-electron chi connectivity index (χ1n) is 6.18. The van der Waals surface area contributed by atoms with Crippen molar-refractivity contribution in [1.82, 2.24) is 4.31 Å². The van der Waals surface area contributed by atoms with E-state index in [1.165, 1.54) is 10.4 Å². The lowest BCUT2D eigenvalue weighted by molar-refractivity contribution is 0.308. The molecule has 1 aromatic heterocycles. The second kappa shape index (κ2) is 6.30. The highest BCUT2D eigenvalue weighted by Gasteiger charge is 2.34. The summed E-state index contributed by atoms with van der Waals surface area (Å²) in [5.74, 6) is -0.122. The maximum Gasteiger partial charge on any atom is 0.253 e. The molecule has 1 aliphatic carbocycles. The molecule has 0 bridgehead atoms. The second-order valence-corrected chi connectivity index (χ2v) is 8.47. The summed E-state index contributed by atoms with van der Waals surface area (Å²) < 4.78 is 27.3. The zero-order chi connectivity index (χ0) is 14.8. The molecular formula is C11H16ClN3O3S2. The number of oxime groups is 1. The molecule has 0 spiro atoms. The summed E-state index contributed by atoms with van der Waals surface area (Å²) in [7, 11) is -3.67. The Kier molecular flexibility index (Phi) is 4.90. The molecule has 0 amide bonds. The Labute approximate surface area is 126 Å². The van der Waals surface area contributed by atoms with Gasteiger partial charge in [-0.2, -0.15) is 4.31 Å². The van der Waals surface area contributed by atoms with E-state index in [4.69, 9.17) is 22.5 Å². The average Bonchev–Trinajstić information content (AvgIpc) is 3.06. The van der Waals surface area contributed by atoms with Crippen LogP contribution >= 0.6 is 22.9 Å². The van der Waals surface area contributed by atoms with Crippen LogP contribution in [0, 0.1) is 0 Å². The van der Waals surface area contributed by atoms with Gasteiger partial charge in [-0.1, -0.05) is 29.6 Å². The van der Waals surface area contributed by atoms with Gasteiger partial charge in [-0.3, -0.25) is 0 Å². The second-order valence-electron chi connectivity index (χ2n) is 4.64. The molecule has 0 unspecified atom stereocenters. The molecule has 1 aromatic rings. The lowest BCUT2D eigenvalue weighted by Gasteiger charge is -2.26. The van der Waals surface area contributed by atoms with Gasteiger partial charge in [-0.05, 0) is 25.0 Å². The number of nitrogens with two attached hydrogens (primary N) is 1. The van der Waals surface area contributed by atoms with Gasteiger partial charge < -0.3 is 10.9 Å². The number of sulfonamides is 1. The molecule has 0 aromatic carbocycles. The topological polar surface area (TPSA) is 96.0 Å². The van der Waals surface area contributed by atoms with Gasteiger partial charge in [0.15, 0.2) is 5.84 Å². The van der Waals surface area contributed by atoms with E-state index in [9.17, 15) is 8.42 Å². The Balaban J connectivity index is 2.34. The van der Waals surface area contributed by atoms with Crippen LogP contribution in [0.15, 0.2) is 21.5 Å². The molecule has 1 heterocycles. The van der Waals surface area contributed by atoms with Crippen molar-refractivity contribution in [2.24, 2.45) is 10.9 Å². The van der Waals surface area contributed by atoms with Crippen LogP contribution in [0.1, 0.15) is 25.7 Å². The number of hydrogen-bond donors (Lipinski definition) is 2. The van der Waals surface area contributed by atoms with Crippen molar-refractivity contribution >= 4 is 38.8 Å². The first-order chi connectivity index (χ1) is 9.45. The van der Waals surface area contributed by atoms with Crippen LogP contribution < -0.4 is 5.73 Å². The minimum Gasteiger partial charge on any atom is -0.409 e. The van der Waals surface area contributed by atoms with E-state index in [1.54, 1.807) is 6.07 Å². The van der Waals surface area contributed by atoms with Crippen molar-refractivity contribution in [2.75, 3.05) is 6.54 Å². The van der Waals surface area contributed by atoms with Crippen molar-refractivity contribution in [3.63, 3.8) is 0 Å². The maximum atomic E-state index is 12.7. The summed E-state index contributed by atoms with van der Waals surface area (Å²) in [5.41, 5.74) is 5.49. The summed E-state index contributed by atoms with van der Waals surface area (Å²) in [6.07, 6.45) is 3.55. The third kappa shape index (κ3) is 3.25. The smallest absolute Gasteiger partial charge is 0.253 e. The number of halogens is 1. The molecular weight excluding hydrogens is 322 g/mol. The summed E-state index contributed by atoms with van der Waals surface area (Å²) in [5, 5.41) is 11.6. The van der Waals surface area contributed by atoms with Gasteiger partial charge in [-0.25, -0.2) is 8.42 Å². The van der Waals surface area contributed by atoms with E-state index in [0.29, 0.717) is 4.34 Å². The van der Waals surface area contributed by atoms with Gasteiger partial charge in [-0.15, -0.1) is 11.3 Å². The lowest BCUT2D eigenvalue weighted by atomic mass is 10.2. The van der Waals surface area contributed by atoms with Crippen LogP contribution in [0.5, 0.6) is 0 Å². The largest absolute Gasteiger partial charge is 0.409 e. The molecule has 0 atom stereocenters. The molecule has 0 saturated heterocycles. The monoisotopic (exact) mass is 337 g/mol. The average molecular weight is 338 g/mol. The Morgan fingerprint density at radius 1 is 1.50 bits per heavy atom. The van der Waals surface area contributed by atoms with Crippen LogP contribution in [0.3, 0.4) is 0 Å². The molecule has 9 heteroatoms. The van der Waals surface area contributed by atoms with Gasteiger partial charge in [0.25, 0.3) is 10.0 Å². The minimum atomic E-state index is -3.67. The summed E-state index contributed by atoms with van der Waals surface area (Å²) in [4.78, 5) is 0. The number of hydrogen-bond acceptors (Lipinski definition) is 5. The molecule has 0 aliphatic heterocycles. The Morgan fingerprint density at radius 2 is 2.15 bits per heavy atom. The van der Waals surface area contributed by atoms with Crippen LogP contribution in [0.2, 0.25) is 4.34 Å². The standard InChI is InChI=1S/C11H16ClN3O3S2/c12-9-5-6-11(19-9)20(17,18)15(7-10(13)14-16)8-3-1-2-4-8/h5-6,8,16H,1-4,7H2,(H2,13,14). The fourth-order valence-corrected chi connectivity index (χ4v) is 5.61. The third-order valence-corrected chi connectivity index (χ3v) is 6.89. The normalized spacial score (nSPS) is 18.0. The van der Waals surface area contributed by atoms with Crippen LogP contribution in [-0.2, 0) is 10.0 Å². The highest BCUT2D eigenvalue weighted by atomic mass is 35.5. The first-order valence-corrected chi connectivity index (χ1v) is 8.82. The third-order valence-electron chi connectivity index (χ3n) is 3.29. The Morgan fingerprint density at radius 3 is 2.65 bits per heavy atom. The van der Waals surface area contributed by atoms with Crippen molar-refractivity contribution in [3.05, 3.63) is 16.5 Å². The van der Waals surface area contributed by atoms with Crippen molar-refractivity contribution in [1.29, 1.82) is 0 Å². The van der Waals surface area contributed by atoms with E-state index in [0.717, 1.165) is 37.0 Å². The van der Waals surface area contributed by atoms with Crippen molar-refractivity contribution < 1.29 is 13.6 Å².